The Labute approximate surface area is 349 Å². The van der Waals surface area contributed by atoms with Crippen LogP contribution in [0.1, 0.15) is 80.7 Å². The molecule has 0 bridgehead atoms. The van der Waals surface area contributed by atoms with Crippen LogP contribution in [0.3, 0.4) is 0 Å². The van der Waals surface area contributed by atoms with E-state index in [0.717, 1.165) is 12.1 Å². The normalized spacial score (nSPS) is 17.5. The average Bonchev–Trinajstić information content (AvgIpc) is 3.89. The third-order valence-corrected chi connectivity index (χ3v) is 12.0. The Morgan fingerprint density at radius 3 is 1.82 bits per heavy atom. The number of ether oxygens (including phenoxy) is 1. The van der Waals surface area contributed by atoms with Gasteiger partial charge in [0.1, 0.15) is 16.5 Å². The molecule has 0 N–H and O–H groups in total. The van der Waals surface area contributed by atoms with Crippen molar-refractivity contribution in [3.8, 4) is 11.1 Å². The van der Waals surface area contributed by atoms with Crippen molar-refractivity contribution < 1.29 is 40.7 Å². The highest BCUT2D eigenvalue weighted by Gasteiger charge is 2.39. The second-order valence-corrected chi connectivity index (χ2v) is 15.9. The number of likely N-dealkylation sites (tertiary alicyclic amines) is 2. The van der Waals surface area contributed by atoms with Gasteiger partial charge in [0.2, 0.25) is 0 Å². The number of hydrogen-bond donors (Lipinski definition) is 0. The van der Waals surface area contributed by atoms with Crippen molar-refractivity contribution in [2.24, 2.45) is 0 Å². The topological polar surface area (TPSA) is 113 Å². The highest BCUT2D eigenvalue weighted by atomic mass is 35.5. The Hall–Kier alpha value is -5.75. The predicted octanol–water partition coefficient (Wildman–Crippen LogP) is 8.01. The molecule has 6 aromatic rings. The Morgan fingerprint density at radius 1 is 0.639 bits per heavy atom. The SMILES string of the molecule is O=C(c1cn2nc(Cl)ccc2n1)N1CCC(c2cc(-c3cc4nc(C(=O)N5CCC(c6ccccc6C(F)(F)F)CC5)cn4nc3N3CCOCC3)ccc2C(F)(F)F)CC1. The molecule has 318 valence electrons. The van der Waals surface area contributed by atoms with Crippen molar-refractivity contribution in [1.29, 1.82) is 0 Å². The zero-order valence-corrected chi connectivity index (χ0v) is 33.2. The van der Waals surface area contributed by atoms with Gasteiger partial charge in [-0.15, -0.1) is 5.10 Å². The molecule has 19 heteroatoms. The van der Waals surface area contributed by atoms with Crippen molar-refractivity contribution >= 4 is 40.5 Å². The summed E-state index contributed by atoms with van der Waals surface area (Å²) in [5, 5.41) is 9.21. The largest absolute Gasteiger partial charge is 0.416 e. The maximum absolute atomic E-state index is 14.7. The number of rotatable bonds is 6. The summed E-state index contributed by atoms with van der Waals surface area (Å²) in [6.45, 7) is 2.63. The van der Waals surface area contributed by atoms with Crippen LogP contribution in [0.5, 0.6) is 0 Å². The number of carbonyl (C=O) groups is 2. The number of morpholine rings is 1. The molecule has 2 aromatic carbocycles. The highest BCUT2D eigenvalue weighted by Crippen LogP contribution is 2.43. The number of amides is 2. The van der Waals surface area contributed by atoms with Gasteiger partial charge < -0.3 is 19.4 Å². The lowest BCUT2D eigenvalue weighted by molar-refractivity contribution is -0.139. The highest BCUT2D eigenvalue weighted by molar-refractivity contribution is 6.29. The van der Waals surface area contributed by atoms with E-state index in [-0.39, 0.29) is 78.5 Å². The third kappa shape index (κ3) is 8.10. The van der Waals surface area contributed by atoms with Crippen LogP contribution >= 0.6 is 11.6 Å². The lowest BCUT2D eigenvalue weighted by Gasteiger charge is -2.33. The van der Waals surface area contributed by atoms with Crippen molar-refractivity contribution in [3.63, 3.8) is 0 Å². The van der Waals surface area contributed by atoms with E-state index in [1.807, 2.05) is 4.90 Å². The number of imidazole rings is 2. The molecule has 3 fully saturated rings. The first-order chi connectivity index (χ1) is 29.2. The first-order valence-corrected chi connectivity index (χ1v) is 20.3. The molecule has 3 aliphatic rings. The second-order valence-electron chi connectivity index (χ2n) is 15.5. The summed E-state index contributed by atoms with van der Waals surface area (Å²) < 4.78 is 93.7. The van der Waals surface area contributed by atoms with E-state index in [1.54, 1.807) is 40.1 Å². The van der Waals surface area contributed by atoms with E-state index < -0.39 is 35.3 Å². The number of fused-ring (bicyclic) bond motifs is 2. The lowest BCUT2D eigenvalue weighted by Crippen LogP contribution is -2.38. The molecule has 0 radical (unpaired) electrons. The summed E-state index contributed by atoms with van der Waals surface area (Å²) in [6, 6.07) is 14.5. The van der Waals surface area contributed by atoms with Gasteiger partial charge in [-0.3, -0.25) is 9.59 Å². The van der Waals surface area contributed by atoms with Crippen molar-refractivity contribution in [2.75, 3.05) is 57.4 Å². The molecule has 0 unspecified atom stereocenters. The molecule has 0 saturated carbocycles. The summed E-state index contributed by atoms with van der Waals surface area (Å²) in [6.07, 6.45) is -4.91. The van der Waals surface area contributed by atoms with Gasteiger partial charge >= 0.3 is 12.4 Å². The van der Waals surface area contributed by atoms with Crippen molar-refractivity contribution in [2.45, 2.75) is 49.9 Å². The molecular weight excluding hydrogens is 828 g/mol. The van der Waals surface area contributed by atoms with Crippen LogP contribution in [0.2, 0.25) is 5.15 Å². The maximum atomic E-state index is 14.7. The fourth-order valence-corrected chi connectivity index (χ4v) is 8.89. The van der Waals surface area contributed by atoms with Gasteiger partial charge in [0.25, 0.3) is 11.8 Å². The van der Waals surface area contributed by atoms with Gasteiger partial charge in [-0.25, -0.2) is 19.0 Å². The summed E-state index contributed by atoms with van der Waals surface area (Å²) in [5.74, 6) is -1.16. The molecular formula is C42H38ClF6N9O3. The van der Waals surface area contributed by atoms with E-state index >= 15 is 0 Å². The van der Waals surface area contributed by atoms with Crippen LogP contribution in [0.25, 0.3) is 22.4 Å². The van der Waals surface area contributed by atoms with E-state index in [0.29, 0.717) is 67.4 Å². The molecule has 0 spiro atoms. The number of aromatic nitrogens is 6. The summed E-state index contributed by atoms with van der Waals surface area (Å²) >= 11 is 5.98. The zero-order valence-electron chi connectivity index (χ0n) is 32.5. The number of piperidine rings is 2. The molecule has 61 heavy (non-hydrogen) atoms. The molecule has 7 heterocycles. The van der Waals surface area contributed by atoms with Gasteiger partial charge in [0, 0.05) is 44.8 Å². The first-order valence-electron chi connectivity index (χ1n) is 19.9. The predicted molar refractivity (Wildman–Crippen MR) is 212 cm³/mol. The van der Waals surface area contributed by atoms with Gasteiger partial charge in [-0.1, -0.05) is 41.9 Å². The molecule has 12 nitrogen and oxygen atoms in total. The molecule has 9 rings (SSSR count). The minimum absolute atomic E-state index is 0.0878. The molecule has 3 saturated heterocycles. The van der Waals surface area contributed by atoms with Gasteiger partial charge in [-0.2, -0.15) is 31.4 Å². The van der Waals surface area contributed by atoms with Gasteiger partial charge in [0.15, 0.2) is 17.1 Å². The number of anilines is 1. The van der Waals surface area contributed by atoms with Gasteiger partial charge in [-0.05, 0) is 84.5 Å². The monoisotopic (exact) mass is 865 g/mol. The fourth-order valence-electron chi connectivity index (χ4n) is 8.75. The quantitative estimate of drug-likeness (QED) is 0.155. The number of nitrogens with zero attached hydrogens (tertiary/aromatic N) is 9. The van der Waals surface area contributed by atoms with E-state index in [1.165, 1.54) is 39.6 Å². The maximum Gasteiger partial charge on any atom is 0.416 e. The fraction of sp³-hybridized carbons (Fsp3) is 0.381. The number of benzene rings is 2. The third-order valence-electron chi connectivity index (χ3n) is 11.8. The minimum atomic E-state index is -4.64. The second kappa shape index (κ2) is 15.9. The summed E-state index contributed by atoms with van der Waals surface area (Å²) in [4.78, 5) is 41.3. The van der Waals surface area contributed by atoms with Crippen LogP contribution in [-0.2, 0) is 17.1 Å². The van der Waals surface area contributed by atoms with E-state index in [2.05, 4.69) is 15.1 Å². The van der Waals surface area contributed by atoms with Crippen LogP contribution in [0.15, 0.2) is 73.1 Å². The van der Waals surface area contributed by atoms with Gasteiger partial charge in [0.05, 0.1) is 36.7 Å². The van der Waals surface area contributed by atoms with E-state index in [4.69, 9.17) is 21.4 Å². The summed E-state index contributed by atoms with van der Waals surface area (Å²) in [7, 11) is 0. The zero-order chi connectivity index (χ0) is 42.6. The molecule has 3 aliphatic heterocycles. The number of hydrogen-bond acceptors (Lipinski definition) is 8. The lowest BCUT2D eigenvalue weighted by atomic mass is 9.84. The smallest absolute Gasteiger partial charge is 0.378 e. The van der Waals surface area contributed by atoms with Crippen LogP contribution in [-0.4, -0.2) is 103 Å². The molecule has 0 atom stereocenters. The number of halogens is 7. The molecule has 0 aliphatic carbocycles. The van der Waals surface area contributed by atoms with Crippen LogP contribution in [0, 0.1) is 0 Å². The average molecular weight is 866 g/mol. The standard InChI is InChI=1S/C42H38ClF6N9O3/c43-35-7-8-36-50-33(23-57(36)52-35)39(59)56-15-11-26(12-16-56)29-21-27(5-6-32(29)42(47,48)49)30-22-37-51-34(24-58(37)53-38(30)54-17-19-61-20-18-54)40(60)55-13-9-25(10-14-55)28-3-1-2-4-31(28)41(44,45)46/h1-8,21-26H,9-20H2. The summed E-state index contributed by atoms with van der Waals surface area (Å²) in [5.41, 5.74) is 0.874. The number of alkyl halides is 6. The van der Waals surface area contributed by atoms with E-state index in [9.17, 15) is 35.9 Å². The van der Waals surface area contributed by atoms with Crippen LogP contribution < -0.4 is 4.90 Å². The van der Waals surface area contributed by atoms with Crippen molar-refractivity contribution in [1.82, 2.24) is 39.0 Å². The van der Waals surface area contributed by atoms with Crippen molar-refractivity contribution in [3.05, 3.63) is 112 Å². The first kappa shape index (κ1) is 40.6. The minimum Gasteiger partial charge on any atom is -0.378 e. The van der Waals surface area contributed by atoms with Crippen LogP contribution in [0.4, 0.5) is 32.2 Å². The Kier molecular flexibility index (Phi) is 10.6. The Balaban J connectivity index is 0.985. The Morgan fingerprint density at radius 2 is 1.20 bits per heavy atom. The molecule has 2 amide bonds. The number of carbonyl (C=O) groups excluding carboxylic acids is 2. The molecule has 4 aromatic heterocycles. The Bertz CT molecular complexity index is 2630.